The second-order valence-corrected chi connectivity index (χ2v) is 21.1. The van der Waals surface area contributed by atoms with Crippen LogP contribution >= 0.6 is 0 Å². The highest BCUT2D eigenvalue weighted by atomic mass is 28.3. The van der Waals surface area contributed by atoms with Gasteiger partial charge < -0.3 is 20.9 Å². The van der Waals surface area contributed by atoms with Gasteiger partial charge in [-0.3, -0.25) is 19.3 Å². The summed E-state index contributed by atoms with van der Waals surface area (Å²) in [6, 6.07) is 2.63. The Hall–Kier alpha value is -3.51. The maximum atomic E-state index is 14.6. The van der Waals surface area contributed by atoms with Gasteiger partial charge in [-0.1, -0.05) is 83.8 Å². The summed E-state index contributed by atoms with van der Waals surface area (Å²) < 4.78 is 9.36. The number of carbonyl (C=O) groups excluding carboxylic acids is 2. The standard InChI is InChI=1S/C37H57N7O4Si/c1-7-43-35(36(38)46)29(22-40-43)33(32(26-14-10-8-11-15-26)27-16-12-9-13-17-27)37(47)41-28-20-30(45)34(39-21-28)31-24(2)42-44(25(31)3)23-48-18-19-49(4,5)6/h20-22,26-27,32-33,45H,7-19,23H2,1-6H3,(H2,38,46)(H,41,47). The number of carbonyl (C=O) groups is 2. The molecule has 0 spiro atoms. The van der Waals surface area contributed by atoms with Gasteiger partial charge in [0.15, 0.2) is 0 Å². The number of hydrogen-bond acceptors (Lipinski definition) is 7. The molecule has 0 aliphatic heterocycles. The number of pyridine rings is 1. The SMILES string of the molecule is CCn1ncc(C(C(=O)Nc2cnc(-c3c(C)nn(COCC[Si](C)(C)C)c3C)c(O)c2)C(C2CCCCC2)C2CCCCC2)c1C(N)=O. The molecule has 268 valence electrons. The predicted octanol–water partition coefficient (Wildman–Crippen LogP) is 7.39. The smallest absolute Gasteiger partial charge is 0.267 e. The molecule has 12 heteroatoms. The van der Waals surface area contributed by atoms with Crippen LogP contribution in [0.2, 0.25) is 25.7 Å². The Morgan fingerprint density at radius 1 is 1.02 bits per heavy atom. The largest absolute Gasteiger partial charge is 0.506 e. The first-order chi connectivity index (χ1) is 23.4. The van der Waals surface area contributed by atoms with Crippen LogP contribution in [0.25, 0.3) is 11.3 Å². The molecule has 5 rings (SSSR count). The van der Waals surface area contributed by atoms with Crippen LogP contribution in [0.3, 0.4) is 0 Å². The van der Waals surface area contributed by atoms with E-state index < -0.39 is 19.9 Å². The van der Waals surface area contributed by atoms with Crippen molar-refractivity contribution >= 4 is 25.6 Å². The molecule has 11 nitrogen and oxygen atoms in total. The third-order valence-electron chi connectivity index (χ3n) is 10.8. The van der Waals surface area contributed by atoms with Gasteiger partial charge in [-0.2, -0.15) is 10.2 Å². The lowest BCUT2D eigenvalue weighted by atomic mass is 9.63. The first-order valence-electron chi connectivity index (χ1n) is 18.4. The Morgan fingerprint density at radius 3 is 2.20 bits per heavy atom. The average molecular weight is 692 g/mol. The number of rotatable bonds is 14. The van der Waals surface area contributed by atoms with Crippen LogP contribution in [-0.4, -0.2) is 56.1 Å². The predicted molar refractivity (Wildman–Crippen MR) is 195 cm³/mol. The number of nitrogens with two attached hydrogens (primary N) is 1. The summed E-state index contributed by atoms with van der Waals surface area (Å²) in [6.45, 7) is 14.2. The molecule has 3 heterocycles. The number of nitrogens with zero attached hydrogens (tertiary/aromatic N) is 5. The lowest BCUT2D eigenvalue weighted by molar-refractivity contribution is -0.120. The molecule has 2 amide bonds. The number of nitrogens with one attached hydrogen (secondary N) is 1. The lowest BCUT2D eigenvalue weighted by Crippen LogP contribution is -2.39. The van der Waals surface area contributed by atoms with E-state index in [4.69, 9.17) is 10.5 Å². The number of ether oxygens (including phenoxy) is 1. The summed E-state index contributed by atoms with van der Waals surface area (Å²) >= 11 is 0. The van der Waals surface area contributed by atoms with Gasteiger partial charge >= 0.3 is 0 Å². The summed E-state index contributed by atoms with van der Waals surface area (Å²) in [7, 11) is -1.20. The van der Waals surface area contributed by atoms with Crippen molar-refractivity contribution in [2.45, 2.75) is 130 Å². The summed E-state index contributed by atoms with van der Waals surface area (Å²) in [5.41, 5.74) is 10.0. The lowest BCUT2D eigenvalue weighted by Gasteiger charge is -2.42. The van der Waals surface area contributed by atoms with E-state index in [1.807, 2.05) is 20.8 Å². The van der Waals surface area contributed by atoms with Crippen molar-refractivity contribution < 1.29 is 19.4 Å². The second kappa shape index (κ2) is 16.0. The fraction of sp³-hybridized carbons (Fsp3) is 0.649. The van der Waals surface area contributed by atoms with Gasteiger partial charge in [0, 0.05) is 44.1 Å². The van der Waals surface area contributed by atoms with Gasteiger partial charge in [0.05, 0.1) is 29.7 Å². The zero-order valence-electron chi connectivity index (χ0n) is 30.4. The highest BCUT2D eigenvalue weighted by Crippen LogP contribution is 2.48. The quantitative estimate of drug-likeness (QED) is 0.118. The zero-order chi connectivity index (χ0) is 35.3. The number of hydrogen-bond donors (Lipinski definition) is 3. The third kappa shape index (κ3) is 8.63. The molecule has 0 saturated heterocycles. The maximum Gasteiger partial charge on any atom is 0.267 e. The Kier molecular flexibility index (Phi) is 12.0. The maximum absolute atomic E-state index is 14.6. The summed E-state index contributed by atoms with van der Waals surface area (Å²) in [4.78, 5) is 32.2. The molecule has 3 aromatic heterocycles. The van der Waals surface area contributed by atoms with E-state index in [0.29, 0.717) is 54.4 Å². The molecular weight excluding hydrogens is 635 g/mol. The van der Waals surface area contributed by atoms with Gasteiger partial charge in [-0.05, 0) is 44.6 Å². The molecule has 3 aromatic rings. The zero-order valence-corrected chi connectivity index (χ0v) is 31.4. The highest BCUT2D eigenvalue weighted by Gasteiger charge is 2.43. The van der Waals surface area contributed by atoms with Crippen LogP contribution in [-0.2, 0) is 22.8 Å². The fourth-order valence-corrected chi connectivity index (χ4v) is 9.01. The van der Waals surface area contributed by atoms with Crippen molar-refractivity contribution in [3.05, 3.63) is 41.1 Å². The molecule has 2 saturated carbocycles. The molecule has 1 unspecified atom stereocenters. The minimum atomic E-state index is -1.20. The van der Waals surface area contributed by atoms with Crippen LogP contribution in [0.4, 0.5) is 5.69 Å². The second-order valence-electron chi connectivity index (χ2n) is 15.5. The van der Waals surface area contributed by atoms with Crippen molar-refractivity contribution in [1.29, 1.82) is 0 Å². The Balaban J connectivity index is 1.45. The van der Waals surface area contributed by atoms with Gasteiger partial charge in [0.25, 0.3) is 5.91 Å². The number of aromatic nitrogens is 5. The number of aromatic hydroxyl groups is 1. The van der Waals surface area contributed by atoms with E-state index in [2.05, 4.69) is 40.1 Å². The summed E-state index contributed by atoms with van der Waals surface area (Å²) in [5, 5.41) is 23.6. The molecule has 49 heavy (non-hydrogen) atoms. The van der Waals surface area contributed by atoms with E-state index in [1.165, 1.54) is 12.8 Å². The molecule has 2 aliphatic carbocycles. The third-order valence-corrected chi connectivity index (χ3v) is 12.5. The Bertz CT molecular complexity index is 1580. The summed E-state index contributed by atoms with van der Waals surface area (Å²) in [5.74, 6) is -0.660. The van der Waals surface area contributed by atoms with E-state index in [-0.39, 0.29) is 17.6 Å². The highest BCUT2D eigenvalue weighted by molar-refractivity contribution is 6.76. The van der Waals surface area contributed by atoms with Crippen molar-refractivity contribution in [2.75, 3.05) is 11.9 Å². The van der Waals surface area contributed by atoms with Crippen molar-refractivity contribution in [3.8, 4) is 17.0 Å². The molecule has 0 bridgehead atoms. The minimum absolute atomic E-state index is 0.0486. The molecule has 1 atom stereocenters. The van der Waals surface area contributed by atoms with E-state index >= 15 is 0 Å². The van der Waals surface area contributed by atoms with Gasteiger partial charge in [0.2, 0.25) is 5.91 Å². The first-order valence-corrected chi connectivity index (χ1v) is 22.1. The number of anilines is 1. The van der Waals surface area contributed by atoms with Crippen molar-refractivity contribution in [1.82, 2.24) is 24.5 Å². The molecule has 4 N–H and O–H groups in total. The van der Waals surface area contributed by atoms with E-state index in [1.54, 1.807) is 27.8 Å². The molecule has 2 fully saturated rings. The number of primary amides is 1. The van der Waals surface area contributed by atoms with E-state index in [9.17, 15) is 14.7 Å². The van der Waals surface area contributed by atoms with Gasteiger partial charge in [-0.25, -0.2) is 4.68 Å². The van der Waals surface area contributed by atoms with Crippen molar-refractivity contribution in [3.63, 3.8) is 0 Å². The number of amides is 2. The molecule has 2 aliphatic rings. The molecular formula is C37H57N7O4Si. The van der Waals surface area contributed by atoms with E-state index in [0.717, 1.165) is 74.4 Å². The van der Waals surface area contributed by atoms with Crippen LogP contribution in [0.1, 0.15) is 104 Å². The van der Waals surface area contributed by atoms with Crippen LogP contribution in [0.15, 0.2) is 18.5 Å². The topological polar surface area (TPSA) is 150 Å². The van der Waals surface area contributed by atoms with Gasteiger partial charge in [0.1, 0.15) is 23.9 Å². The van der Waals surface area contributed by atoms with Crippen LogP contribution in [0, 0.1) is 31.6 Å². The summed E-state index contributed by atoms with van der Waals surface area (Å²) in [6.07, 6.45) is 14.6. The molecule has 0 aromatic carbocycles. The van der Waals surface area contributed by atoms with Crippen LogP contribution < -0.4 is 11.1 Å². The Morgan fingerprint density at radius 2 is 1.65 bits per heavy atom. The number of aryl methyl sites for hydroxylation is 2. The minimum Gasteiger partial charge on any atom is -0.506 e. The van der Waals surface area contributed by atoms with Gasteiger partial charge in [-0.15, -0.1) is 0 Å². The normalized spacial score (nSPS) is 17.0. The van der Waals surface area contributed by atoms with Crippen LogP contribution in [0.5, 0.6) is 5.75 Å². The van der Waals surface area contributed by atoms with Crippen molar-refractivity contribution in [2.24, 2.45) is 23.5 Å². The Labute approximate surface area is 292 Å². The first kappa shape index (κ1) is 36.8. The average Bonchev–Trinajstić information content (AvgIpc) is 3.62. The monoisotopic (exact) mass is 691 g/mol. The fourth-order valence-electron chi connectivity index (χ4n) is 8.26. The molecule has 0 radical (unpaired) electrons.